The number of nitrogens with one attached hydrogen (secondary N) is 1. The highest BCUT2D eigenvalue weighted by molar-refractivity contribution is 5.81. The Morgan fingerprint density at radius 3 is 2.39 bits per heavy atom. The summed E-state index contributed by atoms with van der Waals surface area (Å²) in [6, 6.07) is -0.238. The van der Waals surface area contributed by atoms with E-state index in [2.05, 4.69) is 5.32 Å². The number of rotatable bonds is 4. The van der Waals surface area contributed by atoms with Gasteiger partial charge in [-0.1, -0.05) is 33.6 Å². The third-order valence-electron chi connectivity index (χ3n) is 4.43. The van der Waals surface area contributed by atoms with Gasteiger partial charge in [0.05, 0.1) is 5.41 Å². The standard InChI is InChI=1S/C14H25NO3/c1-9(2)10(3)12(16)15-11-7-5-6-8-14(11,4)13(17)18/h9-11H,5-8H2,1-4H3,(H,15,16)(H,17,18). The molecule has 0 saturated heterocycles. The van der Waals surface area contributed by atoms with E-state index < -0.39 is 11.4 Å². The van der Waals surface area contributed by atoms with Crippen molar-refractivity contribution in [2.75, 3.05) is 0 Å². The predicted octanol–water partition coefficient (Wildman–Crippen LogP) is 2.43. The number of carboxylic acids is 1. The summed E-state index contributed by atoms with van der Waals surface area (Å²) in [4.78, 5) is 23.5. The highest BCUT2D eigenvalue weighted by atomic mass is 16.4. The average Bonchev–Trinajstić information content (AvgIpc) is 2.30. The van der Waals surface area contributed by atoms with Gasteiger partial charge in [-0.15, -0.1) is 0 Å². The summed E-state index contributed by atoms with van der Waals surface area (Å²) in [5.74, 6) is -0.635. The average molecular weight is 255 g/mol. The highest BCUT2D eigenvalue weighted by Gasteiger charge is 2.44. The minimum atomic E-state index is -0.815. The lowest BCUT2D eigenvalue weighted by Gasteiger charge is -2.39. The van der Waals surface area contributed by atoms with Crippen molar-refractivity contribution in [3.63, 3.8) is 0 Å². The molecule has 1 rings (SSSR count). The monoisotopic (exact) mass is 255 g/mol. The fourth-order valence-corrected chi connectivity index (χ4v) is 2.43. The molecule has 3 unspecified atom stereocenters. The molecule has 1 saturated carbocycles. The van der Waals surface area contributed by atoms with Crippen LogP contribution < -0.4 is 5.32 Å². The van der Waals surface area contributed by atoms with E-state index in [9.17, 15) is 14.7 Å². The second-order valence-electron chi connectivity index (χ2n) is 6.06. The van der Waals surface area contributed by atoms with E-state index in [4.69, 9.17) is 0 Å². The zero-order chi connectivity index (χ0) is 13.9. The Hall–Kier alpha value is -1.06. The Labute approximate surface area is 109 Å². The third kappa shape index (κ3) is 3.03. The minimum absolute atomic E-state index is 0.0237. The van der Waals surface area contributed by atoms with Gasteiger partial charge >= 0.3 is 5.97 Å². The number of hydrogen-bond donors (Lipinski definition) is 2. The quantitative estimate of drug-likeness (QED) is 0.810. The zero-order valence-corrected chi connectivity index (χ0v) is 11.8. The molecule has 3 atom stereocenters. The number of amides is 1. The number of carboxylic acid groups (broad SMARTS) is 1. The van der Waals surface area contributed by atoms with Crippen LogP contribution in [0.1, 0.15) is 53.4 Å². The first-order valence-corrected chi connectivity index (χ1v) is 6.83. The van der Waals surface area contributed by atoms with Crippen LogP contribution in [0.15, 0.2) is 0 Å². The first kappa shape index (κ1) is 15.0. The molecule has 1 aliphatic carbocycles. The summed E-state index contributed by atoms with van der Waals surface area (Å²) < 4.78 is 0. The van der Waals surface area contributed by atoms with Gasteiger partial charge in [-0.3, -0.25) is 9.59 Å². The van der Waals surface area contributed by atoms with Gasteiger partial charge in [0.2, 0.25) is 5.91 Å². The van der Waals surface area contributed by atoms with E-state index in [0.29, 0.717) is 6.42 Å². The Balaban J connectivity index is 2.74. The molecule has 0 bridgehead atoms. The molecule has 1 fully saturated rings. The van der Waals surface area contributed by atoms with Crippen molar-refractivity contribution in [1.82, 2.24) is 5.32 Å². The van der Waals surface area contributed by atoms with Gasteiger partial charge in [-0.05, 0) is 25.7 Å². The molecule has 4 heteroatoms. The first-order valence-electron chi connectivity index (χ1n) is 6.83. The minimum Gasteiger partial charge on any atom is -0.481 e. The summed E-state index contributed by atoms with van der Waals surface area (Å²) in [5.41, 5.74) is -0.815. The fourth-order valence-electron chi connectivity index (χ4n) is 2.43. The molecule has 1 aliphatic rings. The lowest BCUT2D eigenvalue weighted by atomic mass is 9.71. The van der Waals surface area contributed by atoms with E-state index in [1.165, 1.54) is 0 Å². The second kappa shape index (κ2) is 5.72. The maximum absolute atomic E-state index is 12.1. The third-order valence-corrected chi connectivity index (χ3v) is 4.43. The molecule has 4 nitrogen and oxygen atoms in total. The lowest BCUT2D eigenvalue weighted by molar-refractivity contribution is -0.152. The Morgan fingerprint density at radius 1 is 1.28 bits per heavy atom. The van der Waals surface area contributed by atoms with E-state index in [1.54, 1.807) is 6.92 Å². The normalized spacial score (nSPS) is 29.9. The summed E-state index contributed by atoms with van der Waals surface area (Å²) in [6.45, 7) is 7.64. The van der Waals surface area contributed by atoms with Crippen LogP contribution in [0.4, 0.5) is 0 Å². The van der Waals surface area contributed by atoms with Crippen LogP contribution >= 0.6 is 0 Å². The Bertz CT molecular complexity index is 327. The van der Waals surface area contributed by atoms with Crippen molar-refractivity contribution < 1.29 is 14.7 Å². The SMILES string of the molecule is CC(C)C(C)C(=O)NC1CCCCC1(C)C(=O)O. The zero-order valence-electron chi connectivity index (χ0n) is 11.8. The Kier molecular flexibility index (Phi) is 4.77. The van der Waals surface area contributed by atoms with Crippen molar-refractivity contribution >= 4 is 11.9 Å². The number of hydrogen-bond acceptors (Lipinski definition) is 2. The van der Waals surface area contributed by atoms with Crippen LogP contribution in [0.5, 0.6) is 0 Å². The molecular formula is C14H25NO3. The number of aliphatic carboxylic acids is 1. The predicted molar refractivity (Wildman–Crippen MR) is 70.1 cm³/mol. The molecule has 0 aromatic rings. The molecule has 2 N–H and O–H groups in total. The van der Waals surface area contributed by atoms with Crippen LogP contribution in [-0.2, 0) is 9.59 Å². The van der Waals surface area contributed by atoms with Crippen molar-refractivity contribution in [3.8, 4) is 0 Å². The van der Waals surface area contributed by atoms with Crippen LogP contribution in [0.3, 0.4) is 0 Å². The highest BCUT2D eigenvalue weighted by Crippen LogP contribution is 2.36. The summed E-state index contributed by atoms with van der Waals surface area (Å²) >= 11 is 0. The molecule has 0 aromatic heterocycles. The van der Waals surface area contributed by atoms with Gasteiger partial charge in [-0.2, -0.15) is 0 Å². The van der Waals surface area contributed by atoms with E-state index in [0.717, 1.165) is 19.3 Å². The van der Waals surface area contributed by atoms with E-state index in [-0.39, 0.29) is 23.8 Å². The van der Waals surface area contributed by atoms with E-state index >= 15 is 0 Å². The molecule has 0 radical (unpaired) electrons. The molecule has 0 spiro atoms. The van der Waals surface area contributed by atoms with Crippen molar-refractivity contribution in [2.45, 2.75) is 59.4 Å². The van der Waals surface area contributed by atoms with E-state index in [1.807, 2.05) is 20.8 Å². The summed E-state index contributed by atoms with van der Waals surface area (Å²) in [6.07, 6.45) is 3.32. The largest absolute Gasteiger partial charge is 0.481 e. The van der Waals surface area contributed by atoms with Gasteiger partial charge in [0.25, 0.3) is 0 Å². The molecule has 0 heterocycles. The molecule has 18 heavy (non-hydrogen) atoms. The van der Waals surface area contributed by atoms with Gasteiger partial charge in [-0.25, -0.2) is 0 Å². The smallest absolute Gasteiger partial charge is 0.311 e. The molecule has 0 aliphatic heterocycles. The number of carbonyl (C=O) groups is 2. The van der Waals surface area contributed by atoms with Crippen molar-refractivity contribution in [2.24, 2.45) is 17.3 Å². The maximum atomic E-state index is 12.1. The van der Waals surface area contributed by atoms with Crippen molar-refractivity contribution in [1.29, 1.82) is 0 Å². The van der Waals surface area contributed by atoms with Crippen LogP contribution in [-0.4, -0.2) is 23.0 Å². The summed E-state index contributed by atoms with van der Waals surface area (Å²) in [5, 5.41) is 12.3. The van der Waals surface area contributed by atoms with Crippen LogP contribution in [0.25, 0.3) is 0 Å². The lowest BCUT2D eigenvalue weighted by Crippen LogP contribution is -2.53. The van der Waals surface area contributed by atoms with Gasteiger partial charge in [0, 0.05) is 12.0 Å². The van der Waals surface area contributed by atoms with Gasteiger partial charge in [0.1, 0.15) is 0 Å². The maximum Gasteiger partial charge on any atom is 0.311 e. The molecule has 1 amide bonds. The van der Waals surface area contributed by atoms with Gasteiger partial charge in [0.15, 0.2) is 0 Å². The van der Waals surface area contributed by atoms with Crippen molar-refractivity contribution in [3.05, 3.63) is 0 Å². The van der Waals surface area contributed by atoms with Crippen LogP contribution in [0.2, 0.25) is 0 Å². The fraction of sp³-hybridized carbons (Fsp3) is 0.857. The second-order valence-corrected chi connectivity index (χ2v) is 6.06. The topological polar surface area (TPSA) is 66.4 Å². The molecule has 104 valence electrons. The molecule has 0 aromatic carbocycles. The Morgan fingerprint density at radius 2 is 1.89 bits per heavy atom. The van der Waals surface area contributed by atoms with Gasteiger partial charge < -0.3 is 10.4 Å². The number of carbonyl (C=O) groups excluding carboxylic acids is 1. The molecular weight excluding hydrogens is 230 g/mol. The first-order chi connectivity index (χ1) is 8.29. The summed E-state index contributed by atoms with van der Waals surface area (Å²) in [7, 11) is 0. The van der Waals surface area contributed by atoms with Crippen LogP contribution in [0, 0.1) is 17.3 Å².